The van der Waals surface area contributed by atoms with Crippen LogP contribution in [0, 0.1) is 5.82 Å². The topological polar surface area (TPSA) is 29.3 Å². The highest BCUT2D eigenvalue weighted by Gasteiger charge is 2.17. The molecular formula is C12H18Cl3FN2. The van der Waals surface area contributed by atoms with Gasteiger partial charge in [-0.25, -0.2) is 4.39 Å². The summed E-state index contributed by atoms with van der Waals surface area (Å²) in [4.78, 5) is 2.22. The van der Waals surface area contributed by atoms with Gasteiger partial charge in [0.1, 0.15) is 5.82 Å². The molecule has 0 amide bonds. The third-order valence-corrected chi connectivity index (χ3v) is 3.35. The lowest BCUT2D eigenvalue weighted by molar-refractivity contribution is 0.203. The summed E-state index contributed by atoms with van der Waals surface area (Å²) >= 11 is 5.74. The van der Waals surface area contributed by atoms with Crippen molar-refractivity contribution in [2.45, 2.75) is 25.4 Å². The third kappa shape index (κ3) is 4.56. The number of rotatable bonds is 2. The monoisotopic (exact) mass is 314 g/mol. The smallest absolute Gasteiger partial charge is 0.146 e. The Bertz CT molecular complexity index is 368. The Kier molecular flexibility index (Phi) is 8.15. The van der Waals surface area contributed by atoms with Crippen molar-refractivity contribution >= 4 is 36.4 Å². The van der Waals surface area contributed by atoms with E-state index < -0.39 is 0 Å². The van der Waals surface area contributed by atoms with Crippen molar-refractivity contribution in [1.82, 2.24) is 4.90 Å². The molecule has 0 aliphatic carbocycles. The molecule has 2 nitrogen and oxygen atoms in total. The van der Waals surface area contributed by atoms with Gasteiger partial charge in [-0.15, -0.1) is 24.8 Å². The van der Waals surface area contributed by atoms with Crippen LogP contribution >= 0.6 is 36.4 Å². The summed E-state index contributed by atoms with van der Waals surface area (Å²) in [7, 11) is 0. The second-order valence-electron chi connectivity index (χ2n) is 4.33. The zero-order chi connectivity index (χ0) is 11.5. The van der Waals surface area contributed by atoms with Crippen LogP contribution in [0.5, 0.6) is 0 Å². The number of benzene rings is 1. The lowest BCUT2D eigenvalue weighted by Gasteiger charge is -2.30. The summed E-state index contributed by atoms with van der Waals surface area (Å²) < 4.78 is 13.7. The maximum Gasteiger partial charge on any atom is 0.146 e. The quantitative estimate of drug-likeness (QED) is 0.908. The second-order valence-corrected chi connectivity index (χ2v) is 4.73. The van der Waals surface area contributed by atoms with Crippen LogP contribution in [-0.2, 0) is 6.54 Å². The van der Waals surface area contributed by atoms with Crippen molar-refractivity contribution in [2.75, 3.05) is 13.1 Å². The minimum atomic E-state index is -0.293. The van der Waals surface area contributed by atoms with Crippen LogP contribution in [0.15, 0.2) is 18.2 Å². The molecule has 0 saturated carbocycles. The zero-order valence-electron chi connectivity index (χ0n) is 9.94. The van der Waals surface area contributed by atoms with Gasteiger partial charge in [-0.2, -0.15) is 0 Å². The maximum absolute atomic E-state index is 13.7. The molecular weight excluding hydrogens is 298 g/mol. The van der Waals surface area contributed by atoms with Gasteiger partial charge >= 0.3 is 0 Å². The molecule has 1 aliphatic heterocycles. The van der Waals surface area contributed by atoms with Gasteiger partial charge in [-0.1, -0.05) is 23.7 Å². The van der Waals surface area contributed by atoms with Crippen LogP contribution in [0.2, 0.25) is 5.02 Å². The fraction of sp³-hybridized carbons (Fsp3) is 0.500. The van der Waals surface area contributed by atoms with Gasteiger partial charge in [-0.05, 0) is 32.0 Å². The number of nitrogens with zero attached hydrogens (tertiary/aromatic N) is 1. The van der Waals surface area contributed by atoms with Gasteiger partial charge in [-0.3, -0.25) is 4.90 Å². The van der Waals surface area contributed by atoms with E-state index in [4.69, 9.17) is 17.3 Å². The van der Waals surface area contributed by atoms with Crippen molar-refractivity contribution in [3.05, 3.63) is 34.6 Å². The molecule has 0 radical (unpaired) electrons. The van der Waals surface area contributed by atoms with E-state index in [2.05, 4.69) is 4.90 Å². The van der Waals surface area contributed by atoms with Crippen LogP contribution in [-0.4, -0.2) is 24.0 Å². The van der Waals surface area contributed by atoms with Crippen LogP contribution in [0.25, 0.3) is 0 Å². The molecule has 104 valence electrons. The van der Waals surface area contributed by atoms with E-state index in [-0.39, 0.29) is 35.7 Å². The number of hydrogen-bond acceptors (Lipinski definition) is 2. The number of piperidine rings is 1. The van der Waals surface area contributed by atoms with E-state index in [0.29, 0.717) is 18.2 Å². The molecule has 1 fully saturated rings. The van der Waals surface area contributed by atoms with E-state index in [9.17, 15) is 4.39 Å². The van der Waals surface area contributed by atoms with E-state index in [1.807, 2.05) is 0 Å². The Balaban J connectivity index is 0.00000144. The Labute approximate surface area is 124 Å². The summed E-state index contributed by atoms with van der Waals surface area (Å²) in [5, 5.41) is 0.200. The van der Waals surface area contributed by atoms with Crippen LogP contribution in [0.3, 0.4) is 0 Å². The van der Waals surface area contributed by atoms with Crippen molar-refractivity contribution < 1.29 is 4.39 Å². The number of halogens is 4. The van der Waals surface area contributed by atoms with E-state index in [1.54, 1.807) is 18.2 Å². The SMILES string of the molecule is Cl.Cl.NC1CCN(Cc2cccc(Cl)c2F)CC1. The van der Waals surface area contributed by atoms with Gasteiger partial charge in [0.2, 0.25) is 0 Å². The molecule has 1 aromatic carbocycles. The molecule has 18 heavy (non-hydrogen) atoms. The van der Waals surface area contributed by atoms with Crippen LogP contribution in [0.4, 0.5) is 4.39 Å². The van der Waals surface area contributed by atoms with E-state index >= 15 is 0 Å². The van der Waals surface area contributed by atoms with Gasteiger partial charge < -0.3 is 5.73 Å². The fourth-order valence-corrected chi connectivity index (χ4v) is 2.22. The molecule has 0 bridgehead atoms. The van der Waals surface area contributed by atoms with Gasteiger partial charge in [0.15, 0.2) is 0 Å². The Morgan fingerprint density at radius 3 is 2.50 bits per heavy atom. The van der Waals surface area contributed by atoms with Crippen molar-refractivity contribution in [3.63, 3.8) is 0 Å². The molecule has 0 atom stereocenters. The number of nitrogens with two attached hydrogens (primary N) is 1. The van der Waals surface area contributed by atoms with Crippen molar-refractivity contribution in [3.8, 4) is 0 Å². The predicted molar refractivity (Wildman–Crippen MR) is 78.4 cm³/mol. The summed E-state index contributed by atoms with van der Waals surface area (Å²) in [5.74, 6) is -0.293. The standard InChI is InChI=1S/C12H16ClFN2.2ClH/c13-11-3-1-2-9(12(11)14)8-16-6-4-10(15)5-7-16;;/h1-3,10H,4-8,15H2;2*1H. The van der Waals surface area contributed by atoms with E-state index in [0.717, 1.165) is 25.9 Å². The Morgan fingerprint density at radius 1 is 1.28 bits per heavy atom. The zero-order valence-corrected chi connectivity index (χ0v) is 12.3. The molecule has 2 rings (SSSR count). The van der Waals surface area contributed by atoms with Gasteiger partial charge in [0.25, 0.3) is 0 Å². The lowest BCUT2D eigenvalue weighted by Crippen LogP contribution is -2.39. The first-order valence-electron chi connectivity index (χ1n) is 5.57. The first-order valence-corrected chi connectivity index (χ1v) is 5.95. The number of likely N-dealkylation sites (tertiary alicyclic amines) is 1. The average molecular weight is 316 g/mol. The van der Waals surface area contributed by atoms with Gasteiger partial charge in [0.05, 0.1) is 5.02 Å². The normalized spacial score (nSPS) is 16.8. The Morgan fingerprint density at radius 2 is 1.89 bits per heavy atom. The first kappa shape index (κ1) is 17.9. The van der Waals surface area contributed by atoms with Crippen molar-refractivity contribution in [2.24, 2.45) is 5.73 Å². The Hall–Kier alpha value is -0.0600. The minimum absolute atomic E-state index is 0. The molecule has 1 saturated heterocycles. The predicted octanol–water partition coefficient (Wildman–Crippen LogP) is 3.25. The molecule has 1 aliphatic rings. The highest BCUT2D eigenvalue weighted by Crippen LogP contribution is 2.20. The first-order chi connectivity index (χ1) is 7.66. The summed E-state index contributed by atoms with van der Waals surface area (Å²) in [6.07, 6.45) is 1.98. The maximum atomic E-state index is 13.7. The lowest BCUT2D eigenvalue weighted by atomic mass is 10.1. The van der Waals surface area contributed by atoms with Crippen LogP contribution in [0.1, 0.15) is 18.4 Å². The third-order valence-electron chi connectivity index (χ3n) is 3.06. The number of hydrogen-bond donors (Lipinski definition) is 1. The minimum Gasteiger partial charge on any atom is -0.328 e. The molecule has 1 heterocycles. The van der Waals surface area contributed by atoms with Crippen LogP contribution < -0.4 is 5.73 Å². The van der Waals surface area contributed by atoms with Gasteiger partial charge in [0, 0.05) is 18.2 Å². The highest BCUT2D eigenvalue weighted by atomic mass is 35.5. The molecule has 0 aromatic heterocycles. The molecule has 0 unspecified atom stereocenters. The largest absolute Gasteiger partial charge is 0.328 e. The summed E-state index contributed by atoms with van der Waals surface area (Å²) in [6.45, 7) is 2.50. The summed E-state index contributed by atoms with van der Waals surface area (Å²) in [5.41, 5.74) is 6.49. The molecule has 6 heteroatoms. The van der Waals surface area contributed by atoms with E-state index in [1.165, 1.54) is 0 Å². The molecule has 0 spiro atoms. The fourth-order valence-electron chi connectivity index (χ4n) is 2.02. The highest BCUT2D eigenvalue weighted by molar-refractivity contribution is 6.30. The molecule has 1 aromatic rings. The van der Waals surface area contributed by atoms with Crippen molar-refractivity contribution in [1.29, 1.82) is 0 Å². The molecule has 2 N–H and O–H groups in total. The average Bonchev–Trinajstić information content (AvgIpc) is 2.28. The summed E-state index contributed by atoms with van der Waals surface area (Å²) in [6, 6.07) is 5.46. The second kappa shape index (κ2) is 8.18.